The van der Waals surface area contributed by atoms with Gasteiger partial charge in [-0.15, -0.1) is 0 Å². The number of fused-ring (bicyclic) bond motifs is 1. The van der Waals surface area contributed by atoms with Crippen molar-refractivity contribution < 1.29 is 17.6 Å². The highest BCUT2D eigenvalue weighted by atomic mass is 32.2. The van der Waals surface area contributed by atoms with Gasteiger partial charge >= 0.3 is 0 Å². The van der Waals surface area contributed by atoms with Gasteiger partial charge < -0.3 is 14.1 Å². The largest absolute Gasteiger partial charge is 0.529 e. The summed E-state index contributed by atoms with van der Waals surface area (Å²) in [4.78, 5) is 12.2. The van der Waals surface area contributed by atoms with E-state index < -0.39 is 18.3 Å². The van der Waals surface area contributed by atoms with E-state index in [1.807, 2.05) is 21.0 Å². The minimum absolute atomic E-state index is 0.0533. The molecule has 0 bridgehead atoms. The molecule has 0 N–H and O–H groups in total. The Bertz CT molecular complexity index is 1470. The minimum atomic E-state index is -3.71. The molecule has 0 spiro atoms. The topological polar surface area (TPSA) is 103 Å². The molecule has 0 saturated carbocycles. The van der Waals surface area contributed by atoms with Crippen molar-refractivity contribution in [2.24, 2.45) is 7.05 Å². The molecule has 12 heteroatoms. The highest BCUT2D eigenvalue weighted by Gasteiger charge is 2.40. The van der Waals surface area contributed by atoms with Crippen molar-refractivity contribution in [2.75, 3.05) is 39.8 Å². The van der Waals surface area contributed by atoms with Gasteiger partial charge in [0.2, 0.25) is 15.9 Å². The van der Waals surface area contributed by atoms with Crippen LogP contribution in [0.2, 0.25) is 18.1 Å². The van der Waals surface area contributed by atoms with E-state index in [0.29, 0.717) is 55.8 Å². The molecule has 220 valence electrons. The Morgan fingerprint density at radius 2 is 1.70 bits per heavy atom. The van der Waals surface area contributed by atoms with Crippen LogP contribution >= 0.6 is 0 Å². The Kier molecular flexibility index (Phi) is 8.66. The number of sulfonamides is 1. The van der Waals surface area contributed by atoms with Crippen LogP contribution in [0.15, 0.2) is 23.1 Å². The van der Waals surface area contributed by atoms with Gasteiger partial charge in [0.1, 0.15) is 16.8 Å². The molecule has 0 unspecified atom stereocenters. The third kappa shape index (κ3) is 5.90. The normalized spacial score (nSPS) is 16.0. The SMILES string of the molecule is CCCc1nn(C)c2c(O[Si](C)(C)C(C)(C)C)nc(-c3cc(S(=O)(=O)N4CCN(C)CC4)ccc3OCC)nc12. The third-order valence-electron chi connectivity index (χ3n) is 7.96. The predicted molar refractivity (Wildman–Crippen MR) is 161 cm³/mol. The van der Waals surface area contributed by atoms with Gasteiger partial charge in [0.05, 0.1) is 22.8 Å². The number of benzene rings is 1. The molecule has 0 amide bonds. The summed E-state index contributed by atoms with van der Waals surface area (Å²) in [6.07, 6.45) is 1.66. The molecule has 1 saturated heterocycles. The number of hydrogen-bond acceptors (Lipinski definition) is 8. The molecule has 3 aromatic rings. The lowest BCUT2D eigenvalue weighted by molar-refractivity contribution is 0.222. The van der Waals surface area contributed by atoms with Crippen LogP contribution in [0.5, 0.6) is 11.6 Å². The van der Waals surface area contributed by atoms with Crippen molar-refractivity contribution >= 4 is 29.4 Å². The summed E-state index contributed by atoms with van der Waals surface area (Å²) in [5.74, 6) is 1.36. The number of piperazine rings is 1. The van der Waals surface area contributed by atoms with Crippen LogP contribution < -0.4 is 9.16 Å². The van der Waals surface area contributed by atoms with E-state index in [4.69, 9.17) is 24.2 Å². The van der Waals surface area contributed by atoms with Gasteiger partial charge in [-0.1, -0.05) is 34.1 Å². The summed E-state index contributed by atoms with van der Waals surface area (Å²) in [7, 11) is -2.10. The van der Waals surface area contributed by atoms with Crippen molar-refractivity contribution in [3.05, 3.63) is 23.9 Å². The number of ether oxygens (including phenoxy) is 1. The Morgan fingerprint density at radius 1 is 1.02 bits per heavy atom. The standard InChI is InChI=1S/C28H44N6O4SSi/c1-10-12-22-24-25(33(7)31-22)27(38-40(8,9)28(3,4)5)30-26(29-24)21-19-20(13-14-23(21)37-11-2)39(35,36)34-17-15-32(6)16-18-34/h13-14,19H,10-12,15-18H2,1-9H3. The first-order chi connectivity index (χ1) is 18.7. The maximum Gasteiger partial charge on any atom is 0.252 e. The van der Waals surface area contributed by atoms with Crippen LogP contribution in [-0.2, 0) is 23.5 Å². The van der Waals surface area contributed by atoms with E-state index >= 15 is 0 Å². The lowest BCUT2D eigenvalue weighted by Gasteiger charge is -2.36. The van der Waals surface area contributed by atoms with Crippen molar-refractivity contribution in [3.8, 4) is 23.0 Å². The van der Waals surface area contributed by atoms with Gasteiger partial charge in [-0.05, 0) is 56.7 Å². The molecule has 0 atom stereocenters. The van der Waals surface area contributed by atoms with Crippen molar-refractivity contribution in [1.82, 2.24) is 29.0 Å². The molecule has 2 aromatic heterocycles. The van der Waals surface area contributed by atoms with Gasteiger partial charge in [0, 0.05) is 33.2 Å². The average molecular weight is 589 g/mol. The molecule has 4 rings (SSSR count). The summed E-state index contributed by atoms with van der Waals surface area (Å²) in [6, 6.07) is 4.96. The molecule has 40 heavy (non-hydrogen) atoms. The van der Waals surface area contributed by atoms with E-state index in [2.05, 4.69) is 45.7 Å². The van der Waals surface area contributed by atoms with Crippen LogP contribution in [0.3, 0.4) is 0 Å². The van der Waals surface area contributed by atoms with E-state index in [9.17, 15) is 8.42 Å². The number of rotatable bonds is 9. The fourth-order valence-electron chi connectivity index (χ4n) is 4.50. The van der Waals surface area contributed by atoms with Gasteiger partial charge in [-0.25, -0.2) is 13.4 Å². The first-order valence-electron chi connectivity index (χ1n) is 14.1. The fourth-order valence-corrected chi connectivity index (χ4v) is 6.88. The van der Waals surface area contributed by atoms with Gasteiger partial charge in [-0.2, -0.15) is 14.4 Å². The number of aromatic nitrogens is 4. The second-order valence-electron chi connectivity index (χ2n) is 12.0. The van der Waals surface area contributed by atoms with Crippen molar-refractivity contribution in [1.29, 1.82) is 0 Å². The second-order valence-corrected chi connectivity index (χ2v) is 18.7. The number of aryl methyl sites for hydroxylation is 2. The predicted octanol–water partition coefficient (Wildman–Crippen LogP) is 4.70. The zero-order valence-electron chi connectivity index (χ0n) is 25.4. The van der Waals surface area contributed by atoms with Crippen LogP contribution in [-0.4, -0.2) is 85.5 Å². The van der Waals surface area contributed by atoms with Gasteiger partial charge in [0.15, 0.2) is 5.82 Å². The maximum atomic E-state index is 13.7. The Morgan fingerprint density at radius 3 is 2.30 bits per heavy atom. The molecule has 10 nitrogen and oxygen atoms in total. The Hall–Kier alpha value is -2.54. The first-order valence-corrected chi connectivity index (χ1v) is 18.4. The molecule has 0 aliphatic carbocycles. The zero-order chi connectivity index (χ0) is 29.5. The number of hydrogen-bond donors (Lipinski definition) is 0. The van der Waals surface area contributed by atoms with Crippen LogP contribution in [0.4, 0.5) is 0 Å². The van der Waals surface area contributed by atoms with Gasteiger partial charge in [-0.3, -0.25) is 4.68 Å². The molecule has 1 aliphatic rings. The van der Waals surface area contributed by atoms with E-state index in [1.165, 1.54) is 0 Å². The zero-order valence-corrected chi connectivity index (χ0v) is 27.2. The highest BCUT2D eigenvalue weighted by Crippen LogP contribution is 2.40. The fraction of sp³-hybridized carbons (Fsp3) is 0.607. The molecular weight excluding hydrogens is 544 g/mol. The Balaban J connectivity index is 1.93. The number of nitrogens with zero attached hydrogens (tertiary/aromatic N) is 6. The molecular formula is C28H44N6O4SSi. The highest BCUT2D eigenvalue weighted by molar-refractivity contribution is 7.89. The van der Waals surface area contributed by atoms with E-state index in [1.54, 1.807) is 27.2 Å². The third-order valence-corrected chi connectivity index (χ3v) is 14.2. The van der Waals surface area contributed by atoms with Crippen LogP contribution in [0.25, 0.3) is 22.4 Å². The second kappa shape index (κ2) is 11.4. The molecule has 0 radical (unpaired) electrons. The monoisotopic (exact) mass is 588 g/mol. The minimum Gasteiger partial charge on any atom is -0.529 e. The van der Waals surface area contributed by atoms with E-state index in [0.717, 1.165) is 29.6 Å². The lowest BCUT2D eigenvalue weighted by Crippen LogP contribution is -2.47. The smallest absolute Gasteiger partial charge is 0.252 e. The van der Waals surface area contributed by atoms with Crippen LogP contribution in [0, 0.1) is 0 Å². The summed E-state index contributed by atoms with van der Waals surface area (Å²) < 4.78 is 43.4. The van der Waals surface area contributed by atoms with Crippen molar-refractivity contribution in [3.63, 3.8) is 0 Å². The summed E-state index contributed by atoms with van der Waals surface area (Å²) in [5, 5.41) is 4.71. The number of likely N-dealkylation sites (N-methyl/N-ethyl adjacent to an activating group) is 1. The summed E-state index contributed by atoms with van der Waals surface area (Å²) >= 11 is 0. The lowest BCUT2D eigenvalue weighted by atomic mass is 10.1. The van der Waals surface area contributed by atoms with Crippen LogP contribution in [0.1, 0.15) is 46.7 Å². The van der Waals surface area contributed by atoms with E-state index in [-0.39, 0.29) is 9.93 Å². The summed E-state index contributed by atoms with van der Waals surface area (Å²) in [5.41, 5.74) is 2.85. The van der Waals surface area contributed by atoms with Crippen molar-refractivity contribution in [2.45, 2.75) is 70.5 Å². The molecule has 1 aromatic carbocycles. The quantitative estimate of drug-likeness (QED) is 0.332. The average Bonchev–Trinajstić information content (AvgIpc) is 3.19. The molecule has 1 fully saturated rings. The Labute approximate surface area is 239 Å². The molecule has 1 aliphatic heterocycles. The van der Waals surface area contributed by atoms with Gasteiger partial charge in [0.25, 0.3) is 8.32 Å². The molecule has 3 heterocycles. The summed E-state index contributed by atoms with van der Waals surface area (Å²) in [6.45, 7) is 17.6. The first kappa shape index (κ1) is 30.4. The maximum absolute atomic E-state index is 13.7.